The minimum Gasteiger partial charge on any atom is -0.465 e. The molecule has 1 aliphatic heterocycles. The molecule has 1 heterocycles. The lowest BCUT2D eigenvalue weighted by Crippen LogP contribution is -2.40. The summed E-state index contributed by atoms with van der Waals surface area (Å²) < 4.78 is 4.76. The number of hydrogen-bond donors (Lipinski definition) is 1. The van der Waals surface area contributed by atoms with Crippen molar-refractivity contribution in [3.05, 3.63) is 65.2 Å². The number of fused-ring (bicyclic) bond motifs is 1. The van der Waals surface area contributed by atoms with Crippen molar-refractivity contribution in [1.82, 2.24) is 4.90 Å². The van der Waals surface area contributed by atoms with Gasteiger partial charge in [0.05, 0.1) is 30.8 Å². The molecule has 6 heteroatoms. The fourth-order valence-electron chi connectivity index (χ4n) is 3.51. The normalized spacial score (nSPS) is 15.6. The summed E-state index contributed by atoms with van der Waals surface area (Å²) in [4.78, 5) is 38.4. The van der Waals surface area contributed by atoms with E-state index in [1.807, 2.05) is 24.3 Å². The minimum atomic E-state index is -0.515. The molecule has 1 atom stereocenters. The van der Waals surface area contributed by atoms with Crippen LogP contribution in [0.5, 0.6) is 0 Å². The highest BCUT2D eigenvalue weighted by atomic mass is 16.5. The molecule has 0 spiro atoms. The standard InChI is InChI=1S/C21H22N2O4/c1-14(24)23-12-11-15-7-3-4-8-16(15)19(23)13-20(25)22-18-10-6-5-9-17(18)21(26)27-2/h3-10,19H,11-13H2,1-2H3,(H,22,25)/t19-/m1/s1. The Bertz CT molecular complexity index is 878. The molecule has 2 amide bonds. The van der Waals surface area contributed by atoms with Gasteiger partial charge in [-0.25, -0.2) is 4.79 Å². The molecular formula is C21H22N2O4. The molecule has 140 valence electrons. The predicted molar refractivity (Wildman–Crippen MR) is 101 cm³/mol. The number of nitrogens with zero attached hydrogens (tertiary/aromatic N) is 1. The molecular weight excluding hydrogens is 344 g/mol. The Labute approximate surface area is 158 Å². The molecule has 0 saturated carbocycles. The van der Waals surface area contributed by atoms with Crippen molar-refractivity contribution in [3.8, 4) is 0 Å². The Morgan fingerprint density at radius 1 is 1.11 bits per heavy atom. The van der Waals surface area contributed by atoms with Crippen molar-refractivity contribution in [2.75, 3.05) is 19.0 Å². The van der Waals surface area contributed by atoms with E-state index in [-0.39, 0.29) is 24.3 Å². The Kier molecular flexibility index (Phi) is 5.54. The summed E-state index contributed by atoms with van der Waals surface area (Å²) in [6, 6.07) is 14.2. The zero-order valence-electron chi connectivity index (χ0n) is 15.4. The Hall–Kier alpha value is -3.15. The molecule has 6 nitrogen and oxygen atoms in total. The molecule has 0 aromatic heterocycles. The van der Waals surface area contributed by atoms with Gasteiger partial charge in [0, 0.05) is 13.5 Å². The number of benzene rings is 2. The van der Waals surface area contributed by atoms with E-state index in [4.69, 9.17) is 4.74 Å². The molecule has 1 aliphatic rings. The third-order valence-corrected chi connectivity index (χ3v) is 4.80. The second-order valence-corrected chi connectivity index (χ2v) is 6.47. The topological polar surface area (TPSA) is 75.7 Å². The van der Waals surface area contributed by atoms with Gasteiger partial charge < -0.3 is 15.0 Å². The summed E-state index contributed by atoms with van der Waals surface area (Å²) in [6.07, 6.45) is 0.894. The summed E-state index contributed by atoms with van der Waals surface area (Å²) in [5, 5.41) is 2.79. The Morgan fingerprint density at radius 2 is 1.81 bits per heavy atom. The number of hydrogen-bond acceptors (Lipinski definition) is 4. The smallest absolute Gasteiger partial charge is 0.339 e. The van der Waals surface area contributed by atoms with Gasteiger partial charge in [-0.1, -0.05) is 36.4 Å². The number of methoxy groups -OCH3 is 1. The summed E-state index contributed by atoms with van der Waals surface area (Å²) in [6.45, 7) is 2.11. The molecule has 3 rings (SSSR count). The first-order valence-electron chi connectivity index (χ1n) is 8.83. The van der Waals surface area contributed by atoms with Gasteiger partial charge >= 0.3 is 5.97 Å². The number of nitrogens with one attached hydrogen (secondary N) is 1. The summed E-state index contributed by atoms with van der Waals surface area (Å²) in [7, 11) is 1.30. The first-order chi connectivity index (χ1) is 13.0. The van der Waals surface area contributed by atoms with Crippen LogP contribution in [-0.2, 0) is 20.7 Å². The van der Waals surface area contributed by atoms with E-state index < -0.39 is 5.97 Å². The average Bonchev–Trinajstić information content (AvgIpc) is 2.67. The maximum absolute atomic E-state index is 12.7. The first-order valence-corrected chi connectivity index (χ1v) is 8.83. The number of para-hydroxylation sites is 1. The highest BCUT2D eigenvalue weighted by molar-refractivity contribution is 6.01. The van der Waals surface area contributed by atoms with Crippen LogP contribution >= 0.6 is 0 Å². The average molecular weight is 366 g/mol. The van der Waals surface area contributed by atoms with Gasteiger partial charge in [0.25, 0.3) is 0 Å². The van der Waals surface area contributed by atoms with Crippen molar-refractivity contribution in [2.45, 2.75) is 25.8 Å². The molecule has 2 aromatic rings. The van der Waals surface area contributed by atoms with E-state index in [1.165, 1.54) is 14.0 Å². The molecule has 0 bridgehead atoms. The lowest BCUT2D eigenvalue weighted by atomic mass is 9.90. The van der Waals surface area contributed by atoms with Crippen molar-refractivity contribution in [2.24, 2.45) is 0 Å². The fourth-order valence-corrected chi connectivity index (χ4v) is 3.51. The quantitative estimate of drug-likeness (QED) is 0.844. The fraction of sp³-hybridized carbons (Fsp3) is 0.286. The first kappa shape index (κ1) is 18.6. The predicted octanol–water partition coefficient (Wildman–Crippen LogP) is 2.95. The number of rotatable bonds is 4. The van der Waals surface area contributed by atoms with E-state index in [2.05, 4.69) is 5.32 Å². The highest BCUT2D eigenvalue weighted by Crippen LogP contribution is 2.32. The zero-order valence-corrected chi connectivity index (χ0v) is 15.4. The van der Waals surface area contributed by atoms with Crippen LogP contribution in [0.25, 0.3) is 0 Å². The summed E-state index contributed by atoms with van der Waals surface area (Å²) in [5.74, 6) is -0.837. The van der Waals surface area contributed by atoms with Crippen LogP contribution in [-0.4, -0.2) is 36.3 Å². The van der Waals surface area contributed by atoms with Gasteiger partial charge in [0.15, 0.2) is 0 Å². The van der Waals surface area contributed by atoms with Gasteiger partial charge in [-0.05, 0) is 29.7 Å². The second kappa shape index (κ2) is 8.03. The molecule has 0 fully saturated rings. The molecule has 2 aromatic carbocycles. The van der Waals surface area contributed by atoms with Crippen LogP contribution in [0.15, 0.2) is 48.5 Å². The molecule has 0 saturated heterocycles. The molecule has 0 aliphatic carbocycles. The third-order valence-electron chi connectivity index (χ3n) is 4.80. The third kappa shape index (κ3) is 4.00. The van der Waals surface area contributed by atoms with Gasteiger partial charge in [-0.15, -0.1) is 0 Å². The maximum Gasteiger partial charge on any atom is 0.339 e. The van der Waals surface area contributed by atoms with Gasteiger partial charge in [-0.3, -0.25) is 9.59 Å². The van der Waals surface area contributed by atoms with Gasteiger partial charge in [0.1, 0.15) is 0 Å². The number of anilines is 1. The van der Waals surface area contributed by atoms with Crippen molar-refractivity contribution >= 4 is 23.5 Å². The summed E-state index contributed by atoms with van der Waals surface area (Å²) in [5.41, 5.74) is 2.84. The van der Waals surface area contributed by atoms with Crippen LogP contribution in [0.4, 0.5) is 5.69 Å². The largest absolute Gasteiger partial charge is 0.465 e. The van der Waals surface area contributed by atoms with E-state index in [0.29, 0.717) is 17.8 Å². The lowest BCUT2D eigenvalue weighted by molar-refractivity contribution is -0.132. The Balaban J connectivity index is 1.83. The van der Waals surface area contributed by atoms with Crippen LogP contribution in [0.2, 0.25) is 0 Å². The Morgan fingerprint density at radius 3 is 2.56 bits per heavy atom. The van der Waals surface area contributed by atoms with Crippen molar-refractivity contribution < 1.29 is 19.1 Å². The van der Waals surface area contributed by atoms with E-state index in [0.717, 1.165) is 17.5 Å². The van der Waals surface area contributed by atoms with Crippen LogP contribution in [0.3, 0.4) is 0 Å². The number of carbonyl (C=O) groups is 3. The molecule has 0 unspecified atom stereocenters. The van der Waals surface area contributed by atoms with Crippen LogP contribution in [0, 0.1) is 0 Å². The number of carbonyl (C=O) groups excluding carboxylic acids is 3. The van der Waals surface area contributed by atoms with Crippen molar-refractivity contribution in [1.29, 1.82) is 0 Å². The minimum absolute atomic E-state index is 0.0581. The number of ether oxygens (including phenoxy) is 1. The molecule has 1 N–H and O–H groups in total. The van der Waals surface area contributed by atoms with Crippen LogP contribution < -0.4 is 5.32 Å². The van der Waals surface area contributed by atoms with E-state index in [1.54, 1.807) is 29.2 Å². The monoisotopic (exact) mass is 366 g/mol. The SMILES string of the molecule is COC(=O)c1ccccc1NC(=O)C[C@@H]1c2ccccc2CCN1C(C)=O. The van der Waals surface area contributed by atoms with Gasteiger partial charge in [-0.2, -0.15) is 0 Å². The van der Waals surface area contributed by atoms with E-state index in [9.17, 15) is 14.4 Å². The highest BCUT2D eigenvalue weighted by Gasteiger charge is 2.30. The van der Waals surface area contributed by atoms with E-state index >= 15 is 0 Å². The zero-order chi connectivity index (χ0) is 19.4. The van der Waals surface area contributed by atoms with Gasteiger partial charge in [0.2, 0.25) is 11.8 Å². The number of esters is 1. The number of amides is 2. The molecule has 0 radical (unpaired) electrons. The van der Waals surface area contributed by atoms with Crippen LogP contribution in [0.1, 0.15) is 40.9 Å². The summed E-state index contributed by atoms with van der Waals surface area (Å²) >= 11 is 0. The molecule has 27 heavy (non-hydrogen) atoms. The maximum atomic E-state index is 12.7. The van der Waals surface area contributed by atoms with Crippen molar-refractivity contribution in [3.63, 3.8) is 0 Å². The second-order valence-electron chi connectivity index (χ2n) is 6.47. The lowest BCUT2D eigenvalue weighted by Gasteiger charge is -2.36.